The Morgan fingerprint density at radius 1 is 1.36 bits per heavy atom. The Bertz CT molecular complexity index is 1030. The van der Waals surface area contributed by atoms with Crippen molar-refractivity contribution in [1.82, 2.24) is 24.2 Å². The van der Waals surface area contributed by atoms with Gasteiger partial charge < -0.3 is 4.90 Å². The lowest BCUT2D eigenvalue weighted by Gasteiger charge is -2.21. The van der Waals surface area contributed by atoms with Gasteiger partial charge in [0.05, 0.1) is 16.9 Å². The van der Waals surface area contributed by atoms with Crippen LogP contribution in [0.4, 0.5) is 0 Å². The highest BCUT2D eigenvalue weighted by Crippen LogP contribution is 2.21. The summed E-state index contributed by atoms with van der Waals surface area (Å²) in [6.45, 7) is 8.99. The first-order valence-corrected chi connectivity index (χ1v) is 10.7. The van der Waals surface area contributed by atoms with Crippen LogP contribution in [0.5, 0.6) is 0 Å². The number of pyridine rings is 1. The summed E-state index contributed by atoms with van der Waals surface area (Å²) in [5.41, 5.74) is 5.74. The predicted octanol–water partition coefficient (Wildman–Crippen LogP) is 2.72. The molecule has 1 fully saturated rings. The van der Waals surface area contributed by atoms with E-state index in [4.69, 9.17) is 4.98 Å². The molecule has 0 amide bonds. The van der Waals surface area contributed by atoms with Gasteiger partial charge in [0.15, 0.2) is 0 Å². The molecule has 1 aliphatic rings. The van der Waals surface area contributed by atoms with Crippen molar-refractivity contribution in [3.05, 3.63) is 62.1 Å². The minimum atomic E-state index is -0.000826. The molecule has 6 nitrogen and oxygen atoms in total. The molecule has 4 rings (SSSR count). The lowest BCUT2D eigenvalue weighted by Crippen LogP contribution is -2.28. The van der Waals surface area contributed by atoms with E-state index in [1.54, 1.807) is 28.0 Å². The van der Waals surface area contributed by atoms with Crippen molar-refractivity contribution in [2.45, 2.75) is 33.4 Å². The fourth-order valence-corrected chi connectivity index (χ4v) is 4.91. The molecule has 148 valence electrons. The van der Waals surface area contributed by atoms with Crippen molar-refractivity contribution in [2.24, 2.45) is 5.92 Å². The lowest BCUT2D eigenvalue weighted by molar-refractivity contribution is 0.255. The third-order valence-corrected chi connectivity index (χ3v) is 6.44. The maximum absolute atomic E-state index is 12.4. The molecular weight excluding hydrogens is 370 g/mol. The molecule has 1 atom stereocenters. The van der Waals surface area contributed by atoms with Gasteiger partial charge in [-0.25, -0.2) is 9.97 Å². The zero-order valence-electron chi connectivity index (χ0n) is 16.8. The molecule has 28 heavy (non-hydrogen) atoms. The van der Waals surface area contributed by atoms with E-state index in [0.717, 1.165) is 55.3 Å². The molecule has 0 radical (unpaired) electrons. The van der Waals surface area contributed by atoms with E-state index < -0.39 is 0 Å². The Kier molecular flexibility index (Phi) is 5.57. The van der Waals surface area contributed by atoms with Crippen LogP contribution < -0.4 is 5.56 Å². The van der Waals surface area contributed by atoms with E-state index in [9.17, 15) is 4.79 Å². The molecule has 1 unspecified atom stereocenters. The number of aromatic nitrogens is 3. The highest BCUT2D eigenvalue weighted by molar-refractivity contribution is 7.09. The maximum Gasteiger partial charge on any atom is 0.258 e. The van der Waals surface area contributed by atoms with Crippen LogP contribution in [0.1, 0.15) is 28.2 Å². The minimum Gasteiger partial charge on any atom is -0.301 e. The first-order valence-electron chi connectivity index (χ1n) is 9.77. The minimum absolute atomic E-state index is 0.000826. The number of fused-ring (bicyclic) bond motifs is 1. The summed E-state index contributed by atoms with van der Waals surface area (Å²) in [4.78, 5) is 27.7. The van der Waals surface area contributed by atoms with Gasteiger partial charge in [-0.2, -0.15) is 0 Å². The number of aryl methyl sites for hydroxylation is 2. The second kappa shape index (κ2) is 8.11. The third-order valence-electron chi connectivity index (χ3n) is 5.52. The first kappa shape index (κ1) is 19.2. The van der Waals surface area contributed by atoms with E-state index in [1.165, 1.54) is 11.3 Å². The van der Waals surface area contributed by atoms with E-state index >= 15 is 0 Å². The van der Waals surface area contributed by atoms with Gasteiger partial charge in [0.1, 0.15) is 5.65 Å². The van der Waals surface area contributed by atoms with Crippen LogP contribution in [-0.2, 0) is 13.1 Å². The number of rotatable bonds is 6. The van der Waals surface area contributed by atoms with Gasteiger partial charge in [-0.05, 0) is 51.4 Å². The molecule has 0 aromatic carbocycles. The van der Waals surface area contributed by atoms with Crippen LogP contribution in [0.3, 0.4) is 0 Å². The van der Waals surface area contributed by atoms with Crippen LogP contribution in [0.15, 0.2) is 34.7 Å². The third kappa shape index (κ3) is 4.16. The molecule has 0 aliphatic carbocycles. The Hall–Kier alpha value is -2.09. The molecule has 1 saturated heterocycles. The SMILES string of the molecule is Cc1ncsc1CN(C)CC1CCN(Cc2cc(=O)n3cccc(C)c3n2)C1. The molecule has 7 heteroatoms. The summed E-state index contributed by atoms with van der Waals surface area (Å²) in [5.74, 6) is 0.654. The lowest BCUT2D eigenvalue weighted by atomic mass is 10.1. The Labute approximate surface area is 169 Å². The molecule has 0 N–H and O–H groups in total. The van der Waals surface area contributed by atoms with E-state index in [-0.39, 0.29) is 5.56 Å². The van der Waals surface area contributed by atoms with Crippen molar-refractivity contribution in [2.75, 3.05) is 26.7 Å². The quantitative estimate of drug-likeness (QED) is 0.640. The summed E-state index contributed by atoms with van der Waals surface area (Å²) in [5, 5.41) is 0. The summed E-state index contributed by atoms with van der Waals surface area (Å²) in [7, 11) is 2.19. The van der Waals surface area contributed by atoms with Crippen molar-refractivity contribution in [3.63, 3.8) is 0 Å². The van der Waals surface area contributed by atoms with Gasteiger partial charge in [0, 0.05) is 43.3 Å². The van der Waals surface area contributed by atoms with Gasteiger partial charge in [0.25, 0.3) is 5.56 Å². The van der Waals surface area contributed by atoms with Gasteiger partial charge in [-0.3, -0.25) is 14.1 Å². The molecule has 0 saturated carbocycles. The van der Waals surface area contributed by atoms with E-state index in [2.05, 4.69) is 28.8 Å². The van der Waals surface area contributed by atoms with Crippen LogP contribution >= 0.6 is 11.3 Å². The number of hydrogen-bond acceptors (Lipinski definition) is 6. The van der Waals surface area contributed by atoms with Crippen LogP contribution in [0.25, 0.3) is 5.65 Å². The average Bonchev–Trinajstić information content (AvgIpc) is 3.25. The highest BCUT2D eigenvalue weighted by atomic mass is 32.1. The standard InChI is InChI=1S/C21H27N5OS/c1-15-5-4-7-26-20(27)9-18(23-21(15)26)12-25-8-6-17(11-25)10-24(3)13-19-16(2)22-14-28-19/h4-5,7,9,14,17H,6,8,10-13H2,1-3H3. The summed E-state index contributed by atoms with van der Waals surface area (Å²) in [6, 6.07) is 5.57. The number of hydrogen-bond donors (Lipinski definition) is 0. The Balaban J connectivity index is 1.37. The molecule has 0 bridgehead atoms. The zero-order chi connectivity index (χ0) is 19.7. The summed E-state index contributed by atoms with van der Waals surface area (Å²) >= 11 is 1.74. The maximum atomic E-state index is 12.4. The topological polar surface area (TPSA) is 53.7 Å². The van der Waals surface area contributed by atoms with Crippen molar-refractivity contribution in [3.8, 4) is 0 Å². The van der Waals surface area contributed by atoms with E-state index in [1.807, 2.05) is 24.6 Å². The highest BCUT2D eigenvalue weighted by Gasteiger charge is 2.24. The summed E-state index contributed by atoms with van der Waals surface area (Å²) < 4.78 is 1.63. The number of nitrogens with zero attached hydrogens (tertiary/aromatic N) is 5. The van der Waals surface area contributed by atoms with Crippen molar-refractivity contribution >= 4 is 17.0 Å². The molecule has 3 aromatic heterocycles. The molecule has 1 aliphatic heterocycles. The zero-order valence-corrected chi connectivity index (χ0v) is 17.6. The second-order valence-electron chi connectivity index (χ2n) is 7.92. The van der Waals surface area contributed by atoms with Gasteiger partial charge in [-0.1, -0.05) is 6.07 Å². The van der Waals surface area contributed by atoms with Gasteiger partial charge >= 0.3 is 0 Å². The molecule has 4 heterocycles. The van der Waals surface area contributed by atoms with Crippen LogP contribution in [-0.4, -0.2) is 50.9 Å². The first-order chi connectivity index (χ1) is 13.5. The largest absolute Gasteiger partial charge is 0.301 e. The molecule has 0 spiro atoms. The molecular formula is C21H27N5OS. The second-order valence-corrected chi connectivity index (χ2v) is 8.86. The van der Waals surface area contributed by atoms with E-state index in [0.29, 0.717) is 5.92 Å². The monoisotopic (exact) mass is 397 g/mol. The fourth-order valence-electron chi connectivity index (χ4n) is 4.05. The van der Waals surface area contributed by atoms with Crippen molar-refractivity contribution < 1.29 is 0 Å². The normalized spacial score (nSPS) is 17.8. The summed E-state index contributed by atoms with van der Waals surface area (Å²) in [6.07, 6.45) is 2.98. The smallest absolute Gasteiger partial charge is 0.258 e. The van der Waals surface area contributed by atoms with Crippen molar-refractivity contribution in [1.29, 1.82) is 0 Å². The van der Waals surface area contributed by atoms with Gasteiger partial charge in [-0.15, -0.1) is 11.3 Å². The van der Waals surface area contributed by atoms with Crippen LogP contribution in [0, 0.1) is 19.8 Å². The number of likely N-dealkylation sites (tertiary alicyclic amines) is 1. The fraction of sp³-hybridized carbons (Fsp3) is 0.476. The Morgan fingerprint density at radius 3 is 3.00 bits per heavy atom. The number of thiazole rings is 1. The molecule has 3 aromatic rings. The van der Waals surface area contributed by atoms with Gasteiger partial charge in [0.2, 0.25) is 0 Å². The average molecular weight is 398 g/mol. The Morgan fingerprint density at radius 2 is 2.21 bits per heavy atom. The van der Waals surface area contributed by atoms with Crippen LogP contribution in [0.2, 0.25) is 0 Å². The predicted molar refractivity (Wildman–Crippen MR) is 113 cm³/mol.